The maximum atomic E-state index is 13.7. The van der Waals surface area contributed by atoms with Crippen molar-refractivity contribution >= 4 is 55.8 Å². The number of fused-ring (bicyclic) bond motifs is 1. The number of anilines is 1. The first kappa shape index (κ1) is 26.6. The van der Waals surface area contributed by atoms with Gasteiger partial charge in [0.15, 0.2) is 0 Å². The molecule has 37 heavy (non-hydrogen) atoms. The van der Waals surface area contributed by atoms with Gasteiger partial charge in [-0.3, -0.25) is 9.10 Å². The van der Waals surface area contributed by atoms with Gasteiger partial charge in [-0.2, -0.15) is 5.26 Å². The summed E-state index contributed by atoms with van der Waals surface area (Å²) in [6, 6.07) is 20.2. The van der Waals surface area contributed by atoms with E-state index in [2.05, 4.69) is 6.07 Å². The van der Waals surface area contributed by atoms with Gasteiger partial charge in [-0.1, -0.05) is 48.7 Å². The first-order valence-corrected chi connectivity index (χ1v) is 13.7. The number of esters is 1. The summed E-state index contributed by atoms with van der Waals surface area (Å²) in [5.41, 5.74) is 2.23. The third-order valence-corrected chi connectivity index (χ3v) is 7.89. The fourth-order valence-electron chi connectivity index (χ4n) is 3.89. The molecule has 7 nitrogen and oxygen atoms in total. The van der Waals surface area contributed by atoms with E-state index in [1.54, 1.807) is 36.5 Å². The van der Waals surface area contributed by atoms with Gasteiger partial charge in [0.1, 0.15) is 12.6 Å². The standard InChI is InChI=1S/C27H23Cl2N3O4S/c1-2-3-12-36-27(33)18-32(37(34,35)24-15-21(28)14-22(29)16-24)23-8-9-26-19(13-23)10-11-31(26)25-7-5-4-6-20(25)17-30/h4-11,13-16H,2-3,12,18H2,1H3. The van der Waals surface area contributed by atoms with Crippen LogP contribution in [0.15, 0.2) is 77.8 Å². The summed E-state index contributed by atoms with van der Waals surface area (Å²) in [5, 5.41) is 10.5. The highest BCUT2D eigenvalue weighted by molar-refractivity contribution is 7.92. The second-order valence-electron chi connectivity index (χ2n) is 8.25. The van der Waals surface area contributed by atoms with E-state index in [1.165, 1.54) is 18.2 Å². The quantitative estimate of drug-likeness (QED) is 0.177. The summed E-state index contributed by atoms with van der Waals surface area (Å²) in [5.74, 6) is -0.675. The van der Waals surface area contributed by atoms with Gasteiger partial charge in [-0.15, -0.1) is 0 Å². The van der Waals surface area contributed by atoms with E-state index < -0.39 is 22.5 Å². The molecule has 1 heterocycles. The van der Waals surface area contributed by atoms with Crippen molar-refractivity contribution < 1.29 is 17.9 Å². The van der Waals surface area contributed by atoms with Crippen LogP contribution in [0.2, 0.25) is 10.0 Å². The molecule has 1 aromatic heterocycles. The monoisotopic (exact) mass is 555 g/mol. The van der Waals surface area contributed by atoms with Crippen LogP contribution in [0.5, 0.6) is 0 Å². The molecule has 0 bridgehead atoms. The largest absolute Gasteiger partial charge is 0.464 e. The molecule has 0 radical (unpaired) electrons. The first-order chi connectivity index (χ1) is 17.7. The number of hydrogen-bond acceptors (Lipinski definition) is 5. The van der Waals surface area contributed by atoms with Crippen LogP contribution in [0.4, 0.5) is 5.69 Å². The Balaban J connectivity index is 1.79. The number of halogens is 2. The van der Waals surface area contributed by atoms with Crippen molar-refractivity contribution in [1.29, 1.82) is 5.26 Å². The molecule has 4 aromatic rings. The minimum Gasteiger partial charge on any atom is -0.464 e. The van der Waals surface area contributed by atoms with Gasteiger partial charge < -0.3 is 9.30 Å². The molecular formula is C27H23Cl2N3O4S. The second kappa shape index (κ2) is 11.3. The van der Waals surface area contributed by atoms with Crippen molar-refractivity contribution in [2.45, 2.75) is 24.7 Å². The van der Waals surface area contributed by atoms with Gasteiger partial charge in [-0.25, -0.2) is 8.42 Å². The molecule has 3 aromatic carbocycles. The van der Waals surface area contributed by atoms with E-state index in [0.29, 0.717) is 23.1 Å². The molecule has 0 atom stereocenters. The number of para-hydroxylation sites is 1. The number of rotatable bonds is 9. The van der Waals surface area contributed by atoms with E-state index >= 15 is 0 Å². The maximum Gasteiger partial charge on any atom is 0.326 e. The number of unbranched alkanes of at least 4 members (excludes halogenated alkanes) is 1. The predicted octanol–water partition coefficient (Wildman–Crippen LogP) is 6.35. The summed E-state index contributed by atoms with van der Waals surface area (Å²) >= 11 is 12.2. The van der Waals surface area contributed by atoms with Crippen LogP contribution in [0.1, 0.15) is 25.3 Å². The Kier molecular flexibility index (Phi) is 8.08. The number of carbonyl (C=O) groups excluding carboxylic acids is 1. The first-order valence-electron chi connectivity index (χ1n) is 11.5. The van der Waals surface area contributed by atoms with E-state index in [1.807, 2.05) is 29.7 Å². The lowest BCUT2D eigenvalue weighted by Gasteiger charge is -2.24. The van der Waals surface area contributed by atoms with Crippen molar-refractivity contribution in [3.8, 4) is 11.8 Å². The average molecular weight is 556 g/mol. The fraction of sp³-hybridized carbons (Fsp3) is 0.185. The zero-order valence-electron chi connectivity index (χ0n) is 19.9. The normalized spacial score (nSPS) is 11.3. The number of nitriles is 1. The molecule has 0 aliphatic rings. The fourth-order valence-corrected chi connectivity index (χ4v) is 6.01. The smallest absolute Gasteiger partial charge is 0.326 e. The van der Waals surface area contributed by atoms with E-state index in [9.17, 15) is 18.5 Å². The SMILES string of the molecule is CCCCOC(=O)CN(c1ccc2c(ccn2-c2ccccc2C#N)c1)S(=O)(=O)c1cc(Cl)cc(Cl)c1. The van der Waals surface area contributed by atoms with Crippen molar-refractivity contribution in [3.63, 3.8) is 0 Å². The number of benzene rings is 3. The molecule has 0 spiro atoms. The van der Waals surface area contributed by atoms with Crippen molar-refractivity contribution in [3.05, 3.63) is 88.5 Å². The number of hydrogen-bond donors (Lipinski definition) is 0. The topological polar surface area (TPSA) is 92.4 Å². The lowest BCUT2D eigenvalue weighted by Crippen LogP contribution is -2.36. The third-order valence-electron chi connectivity index (χ3n) is 5.70. The van der Waals surface area contributed by atoms with Crippen molar-refractivity contribution in [2.24, 2.45) is 0 Å². The van der Waals surface area contributed by atoms with Crippen LogP contribution in [-0.4, -0.2) is 32.1 Å². The van der Waals surface area contributed by atoms with Gasteiger partial charge in [0.05, 0.1) is 34.0 Å². The van der Waals surface area contributed by atoms with Gasteiger partial charge in [0.2, 0.25) is 0 Å². The minimum atomic E-state index is -4.24. The number of aromatic nitrogens is 1. The molecule has 190 valence electrons. The molecule has 0 N–H and O–H groups in total. The Hall–Kier alpha value is -3.51. The zero-order chi connectivity index (χ0) is 26.6. The van der Waals surface area contributed by atoms with Crippen LogP contribution in [-0.2, 0) is 19.6 Å². The molecule has 0 saturated heterocycles. The van der Waals surface area contributed by atoms with Crippen LogP contribution in [0.25, 0.3) is 16.6 Å². The van der Waals surface area contributed by atoms with Crippen molar-refractivity contribution in [1.82, 2.24) is 4.57 Å². The number of nitrogens with zero attached hydrogens (tertiary/aromatic N) is 3. The van der Waals surface area contributed by atoms with E-state index in [0.717, 1.165) is 16.2 Å². The molecule has 4 rings (SSSR count). The van der Waals surface area contributed by atoms with Crippen LogP contribution >= 0.6 is 23.2 Å². The molecule has 10 heteroatoms. The summed E-state index contributed by atoms with van der Waals surface area (Å²) in [6.07, 6.45) is 3.31. The lowest BCUT2D eigenvalue weighted by molar-refractivity contribution is -0.141. The number of carbonyl (C=O) groups is 1. The molecule has 0 fully saturated rings. The van der Waals surface area contributed by atoms with Crippen LogP contribution < -0.4 is 4.31 Å². The predicted molar refractivity (Wildman–Crippen MR) is 145 cm³/mol. The maximum absolute atomic E-state index is 13.7. The van der Waals surface area contributed by atoms with E-state index in [-0.39, 0.29) is 27.2 Å². The minimum absolute atomic E-state index is 0.146. The van der Waals surface area contributed by atoms with Crippen LogP contribution in [0.3, 0.4) is 0 Å². The Morgan fingerprint density at radius 3 is 2.49 bits per heavy atom. The average Bonchev–Trinajstić information content (AvgIpc) is 3.30. The van der Waals surface area contributed by atoms with Crippen LogP contribution in [0, 0.1) is 11.3 Å². The highest BCUT2D eigenvalue weighted by atomic mass is 35.5. The Morgan fingerprint density at radius 1 is 1.05 bits per heavy atom. The molecular weight excluding hydrogens is 533 g/mol. The Bertz CT molecular complexity index is 1590. The summed E-state index contributed by atoms with van der Waals surface area (Å²) in [7, 11) is -4.24. The summed E-state index contributed by atoms with van der Waals surface area (Å²) in [6.45, 7) is 1.63. The molecule has 0 saturated carbocycles. The summed E-state index contributed by atoms with van der Waals surface area (Å²) in [4.78, 5) is 12.5. The van der Waals surface area contributed by atoms with Crippen molar-refractivity contribution in [2.75, 3.05) is 17.5 Å². The van der Waals surface area contributed by atoms with Gasteiger partial charge in [-0.05, 0) is 61.0 Å². The number of ether oxygens (including phenoxy) is 1. The molecule has 0 unspecified atom stereocenters. The zero-order valence-corrected chi connectivity index (χ0v) is 22.2. The molecule has 0 aliphatic carbocycles. The number of sulfonamides is 1. The highest BCUT2D eigenvalue weighted by Crippen LogP contribution is 2.31. The second-order valence-corrected chi connectivity index (χ2v) is 11.0. The Morgan fingerprint density at radius 2 is 1.78 bits per heavy atom. The lowest BCUT2D eigenvalue weighted by atomic mass is 10.2. The van der Waals surface area contributed by atoms with E-state index in [4.69, 9.17) is 27.9 Å². The Labute approximate surface area is 225 Å². The third kappa shape index (κ3) is 5.75. The molecule has 0 aliphatic heterocycles. The van der Waals surface area contributed by atoms with Gasteiger partial charge in [0, 0.05) is 21.6 Å². The highest BCUT2D eigenvalue weighted by Gasteiger charge is 2.29. The van der Waals surface area contributed by atoms with Gasteiger partial charge in [0.25, 0.3) is 10.0 Å². The summed E-state index contributed by atoms with van der Waals surface area (Å²) < 4.78 is 35.5. The van der Waals surface area contributed by atoms with Gasteiger partial charge >= 0.3 is 5.97 Å². The molecule has 0 amide bonds.